The number of rotatable bonds is 5. The highest BCUT2D eigenvalue weighted by atomic mass is 32.2. The zero-order valence-corrected chi connectivity index (χ0v) is 21.4. The van der Waals surface area contributed by atoms with E-state index in [1.807, 2.05) is 53.7 Å². The zero-order valence-electron chi connectivity index (χ0n) is 20.6. The molecular weight excluding hydrogens is 456 g/mol. The molecule has 2 atom stereocenters. The van der Waals surface area contributed by atoms with Gasteiger partial charge >= 0.3 is 11.9 Å². The molecule has 9 heteroatoms. The number of carboxylic acid groups (broad SMARTS) is 1. The number of ether oxygens (including phenoxy) is 1. The Balaban J connectivity index is 1.91. The first kappa shape index (κ1) is 25.8. The minimum Gasteiger partial charge on any atom is -0.507 e. The number of aromatic hydroxyl groups is 1. The first-order chi connectivity index (χ1) is 15.6. The number of benzene rings is 1. The van der Waals surface area contributed by atoms with Gasteiger partial charge in [0, 0.05) is 35.6 Å². The highest BCUT2D eigenvalue weighted by Gasteiger charge is 2.53. The van der Waals surface area contributed by atoms with E-state index in [0.717, 1.165) is 16.7 Å². The van der Waals surface area contributed by atoms with E-state index in [1.54, 1.807) is 6.21 Å². The van der Waals surface area contributed by atoms with Gasteiger partial charge < -0.3 is 14.9 Å². The Kier molecular flexibility index (Phi) is 6.90. The van der Waals surface area contributed by atoms with Crippen LogP contribution < -0.4 is 0 Å². The van der Waals surface area contributed by atoms with E-state index in [2.05, 4.69) is 4.99 Å². The molecule has 2 heterocycles. The number of carbonyl (C=O) groups is 3. The third kappa shape index (κ3) is 4.99. The molecule has 2 aliphatic rings. The standard InChI is InChI=1S/C25H32N2O6S/c1-13(28)33-11-15-12-34-22-18(21(30)27(22)19(15)23(31)32)26-10-14-8-16(24(2,3)4)20(29)17(9-14)25(5,6)7/h8-10,18,22,29H,11-12H2,1-7H3,(H,31,32)/t18?,22-/m1/s1. The molecule has 0 aliphatic carbocycles. The predicted molar refractivity (Wildman–Crippen MR) is 131 cm³/mol. The van der Waals surface area contributed by atoms with Crippen molar-refractivity contribution < 1.29 is 29.3 Å². The van der Waals surface area contributed by atoms with Crippen LogP contribution in [0.1, 0.15) is 65.2 Å². The SMILES string of the molecule is CC(=O)OCC1=C(C(=O)O)N2C(=O)C(N=Cc3cc(C(C)(C)C)c(O)c(C(C)(C)C)c3)[C@H]2SC1. The monoisotopic (exact) mass is 488 g/mol. The normalized spacial score (nSPS) is 20.9. The predicted octanol–water partition coefficient (Wildman–Crippen LogP) is 3.59. The van der Waals surface area contributed by atoms with Crippen molar-refractivity contribution in [3.8, 4) is 5.75 Å². The number of amides is 1. The van der Waals surface area contributed by atoms with E-state index < -0.39 is 29.3 Å². The van der Waals surface area contributed by atoms with Gasteiger partial charge in [0.25, 0.3) is 5.91 Å². The lowest BCUT2D eigenvalue weighted by Crippen LogP contribution is -2.64. The van der Waals surface area contributed by atoms with E-state index in [0.29, 0.717) is 11.3 Å². The number of aliphatic carboxylic acids is 1. The third-order valence-corrected chi connectivity index (χ3v) is 7.13. The highest BCUT2D eigenvalue weighted by molar-refractivity contribution is 8.00. The largest absolute Gasteiger partial charge is 0.507 e. The molecule has 0 bridgehead atoms. The fourth-order valence-corrected chi connectivity index (χ4v) is 5.33. The first-order valence-corrected chi connectivity index (χ1v) is 12.1. The molecule has 1 unspecified atom stereocenters. The molecule has 0 radical (unpaired) electrons. The van der Waals surface area contributed by atoms with Gasteiger partial charge in [-0.05, 0) is 28.5 Å². The number of nitrogens with zero attached hydrogens (tertiary/aromatic N) is 2. The summed E-state index contributed by atoms with van der Waals surface area (Å²) in [6.07, 6.45) is 1.63. The summed E-state index contributed by atoms with van der Waals surface area (Å²) in [7, 11) is 0. The van der Waals surface area contributed by atoms with Crippen molar-refractivity contribution in [3.63, 3.8) is 0 Å². The van der Waals surface area contributed by atoms with Crippen LogP contribution in [-0.4, -0.2) is 62.9 Å². The molecule has 0 saturated carbocycles. The van der Waals surface area contributed by atoms with E-state index in [4.69, 9.17) is 4.74 Å². The Morgan fingerprint density at radius 2 is 1.74 bits per heavy atom. The number of aliphatic imine (C=N–C) groups is 1. The average molecular weight is 489 g/mol. The quantitative estimate of drug-likeness (QED) is 0.370. The number of phenols is 1. The van der Waals surface area contributed by atoms with Gasteiger partial charge in [0.2, 0.25) is 0 Å². The molecule has 0 aromatic heterocycles. The van der Waals surface area contributed by atoms with Crippen molar-refractivity contribution in [2.24, 2.45) is 4.99 Å². The summed E-state index contributed by atoms with van der Waals surface area (Å²) in [5.74, 6) is -1.55. The van der Waals surface area contributed by atoms with Crippen LogP contribution in [0.5, 0.6) is 5.75 Å². The lowest BCUT2D eigenvalue weighted by Gasteiger charge is -2.47. The average Bonchev–Trinajstić information content (AvgIpc) is 2.70. The van der Waals surface area contributed by atoms with Crippen LogP contribution in [0.3, 0.4) is 0 Å². The van der Waals surface area contributed by atoms with Gasteiger partial charge in [-0.1, -0.05) is 41.5 Å². The molecule has 1 fully saturated rings. The number of carboxylic acids is 1. The fraction of sp³-hybridized carbons (Fsp3) is 0.520. The fourth-order valence-electron chi connectivity index (χ4n) is 4.01. The number of esters is 1. The molecule has 1 aromatic rings. The third-order valence-electron chi connectivity index (χ3n) is 5.80. The second-order valence-electron chi connectivity index (χ2n) is 10.6. The topological polar surface area (TPSA) is 116 Å². The summed E-state index contributed by atoms with van der Waals surface area (Å²) < 4.78 is 4.96. The summed E-state index contributed by atoms with van der Waals surface area (Å²) in [5.41, 5.74) is 2.02. The number of hydrogen-bond acceptors (Lipinski definition) is 7. The Labute approximate surface area is 204 Å². The molecule has 8 nitrogen and oxygen atoms in total. The Hall–Kier alpha value is -2.81. The van der Waals surface area contributed by atoms with Crippen LogP contribution >= 0.6 is 11.8 Å². The van der Waals surface area contributed by atoms with Crippen molar-refractivity contribution in [1.29, 1.82) is 0 Å². The number of fused-ring (bicyclic) bond motifs is 1. The Bertz CT molecular complexity index is 1060. The summed E-state index contributed by atoms with van der Waals surface area (Å²) >= 11 is 1.40. The molecule has 34 heavy (non-hydrogen) atoms. The van der Waals surface area contributed by atoms with Crippen LogP contribution in [0.4, 0.5) is 0 Å². The lowest BCUT2D eigenvalue weighted by atomic mass is 9.78. The molecule has 1 saturated heterocycles. The summed E-state index contributed by atoms with van der Waals surface area (Å²) in [6.45, 7) is 13.2. The Morgan fingerprint density at radius 3 is 2.21 bits per heavy atom. The molecule has 0 spiro atoms. The van der Waals surface area contributed by atoms with Gasteiger partial charge in [0.15, 0.2) is 6.04 Å². The Morgan fingerprint density at radius 1 is 1.18 bits per heavy atom. The highest BCUT2D eigenvalue weighted by Crippen LogP contribution is 2.42. The smallest absolute Gasteiger partial charge is 0.352 e. The van der Waals surface area contributed by atoms with E-state index >= 15 is 0 Å². The van der Waals surface area contributed by atoms with Crippen LogP contribution in [0.25, 0.3) is 0 Å². The number of hydrogen-bond donors (Lipinski definition) is 2. The molecular formula is C25H32N2O6S. The molecule has 2 N–H and O–H groups in total. The first-order valence-electron chi connectivity index (χ1n) is 11.1. The van der Waals surface area contributed by atoms with Gasteiger partial charge in [0.1, 0.15) is 23.4 Å². The van der Waals surface area contributed by atoms with Crippen molar-refractivity contribution in [2.45, 2.75) is 70.7 Å². The number of thioether (sulfide) groups is 1. The minimum absolute atomic E-state index is 0.129. The second-order valence-corrected chi connectivity index (χ2v) is 11.7. The van der Waals surface area contributed by atoms with Gasteiger partial charge in [0.05, 0.1) is 0 Å². The van der Waals surface area contributed by atoms with Crippen molar-refractivity contribution in [1.82, 2.24) is 4.90 Å². The summed E-state index contributed by atoms with van der Waals surface area (Å²) in [4.78, 5) is 41.6. The van der Waals surface area contributed by atoms with Crippen LogP contribution in [0.2, 0.25) is 0 Å². The summed E-state index contributed by atoms with van der Waals surface area (Å²) in [5, 5.41) is 20.1. The number of phenolic OH excluding ortho intramolecular Hbond substituents is 1. The number of carbonyl (C=O) groups excluding carboxylic acids is 2. The maximum Gasteiger partial charge on any atom is 0.352 e. The van der Waals surface area contributed by atoms with Crippen LogP contribution in [0.15, 0.2) is 28.4 Å². The van der Waals surface area contributed by atoms with Crippen molar-refractivity contribution in [3.05, 3.63) is 40.1 Å². The second kappa shape index (κ2) is 9.09. The molecule has 184 valence electrons. The van der Waals surface area contributed by atoms with Crippen LogP contribution in [-0.2, 0) is 30.0 Å². The number of β-lactam (4-membered cyclic amide) rings is 1. The maximum atomic E-state index is 12.9. The van der Waals surface area contributed by atoms with Gasteiger partial charge in [-0.2, -0.15) is 0 Å². The van der Waals surface area contributed by atoms with E-state index in [9.17, 15) is 24.6 Å². The summed E-state index contributed by atoms with van der Waals surface area (Å²) in [6, 6.07) is 3.05. The van der Waals surface area contributed by atoms with E-state index in [-0.39, 0.29) is 28.9 Å². The molecule has 1 amide bonds. The van der Waals surface area contributed by atoms with Gasteiger partial charge in [-0.3, -0.25) is 19.5 Å². The van der Waals surface area contributed by atoms with Gasteiger partial charge in [-0.15, -0.1) is 11.8 Å². The molecule has 3 rings (SSSR count). The van der Waals surface area contributed by atoms with Gasteiger partial charge in [-0.25, -0.2) is 4.79 Å². The minimum atomic E-state index is -1.23. The van der Waals surface area contributed by atoms with Crippen molar-refractivity contribution in [2.75, 3.05) is 12.4 Å². The van der Waals surface area contributed by atoms with Crippen molar-refractivity contribution >= 4 is 35.8 Å². The zero-order chi connectivity index (χ0) is 25.6. The lowest BCUT2D eigenvalue weighted by molar-refractivity contribution is -0.148. The molecule has 1 aromatic carbocycles. The van der Waals surface area contributed by atoms with Crippen LogP contribution in [0, 0.1) is 0 Å². The maximum absolute atomic E-state index is 12.9. The van der Waals surface area contributed by atoms with E-state index in [1.165, 1.54) is 23.6 Å². The molecule has 2 aliphatic heterocycles.